The van der Waals surface area contributed by atoms with Crippen LogP contribution >= 0.6 is 11.6 Å². The number of nitrogens with one attached hydrogen (secondary N) is 1. The number of amides is 1. The number of carbonyl (C=O) groups excluding carboxylic acids is 1. The predicted molar refractivity (Wildman–Crippen MR) is 102 cm³/mol. The van der Waals surface area contributed by atoms with Crippen LogP contribution in [-0.2, 0) is 0 Å². The summed E-state index contributed by atoms with van der Waals surface area (Å²) in [4.78, 5) is 12.2. The third-order valence-corrected chi connectivity index (χ3v) is 4.13. The van der Waals surface area contributed by atoms with Crippen molar-refractivity contribution >= 4 is 17.5 Å². The molecule has 0 fully saturated rings. The fourth-order valence-electron chi connectivity index (χ4n) is 2.48. The molecule has 0 spiro atoms. The van der Waals surface area contributed by atoms with Crippen LogP contribution < -0.4 is 10.1 Å². The zero-order valence-electron chi connectivity index (χ0n) is 14.5. The monoisotopic (exact) mass is 369 g/mol. The van der Waals surface area contributed by atoms with E-state index in [0.29, 0.717) is 23.7 Å². The molecule has 0 aliphatic carbocycles. The third-order valence-electron chi connectivity index (χ3n) is 3.81. The van der Waals surface area contributed by atoms with Crippen LogP contribution in [0.5, 0.6) is 5.75 Å². The molecule has 1 heterocycles. The van der Waals surface area contributed by atoms with Crippen LogP contribution in [0.3, 0.4) is 0 Å². The van der Waals surface area contributed by atoms with Crippen molar-refractivity contribution in [3.8, 4) is 11.4 Å². The number of aromatic nitrogens is 2. The maximum atomic E-state index is 12.2. The lowest BCUT2D eigenvalue weighted by molar-refractivity contribution is 0.0951. The summed E-state index contributed by atoms with van der Waals surface area (Å²) in [5.74, 6) is 0.677. The maximum Gasteiger partial charge on any atom is 0.254 e. The van der Waals surface area contributed by atoms with Crippen LogP contribution in [0, 0.1) is 6.92 Å². The van der Waals surface area contributed by atoms with Crippen molar-refractivity contribution in [2.45, 2.75) is 13.3 Å². The number of aryl methyl sites for hydroxylation is 1. The van der Waals surface area contributed by atoms with E-state index in [0.717, 1.165) is 23.4 Å². The lowest BCUT2D eigenvalue weighted by atomic mass is 10.2. The molecule has 0 bridgehead atoms. The van der Waals surface area contributed by atoms with Gasteiger partial charge in [-0.3, -0.25) is 4.79 Å². The number of ether oxygens (including phenoxy) is 1. The van der Waals surface area contributed by atoms with Crippen LogP contribution in [0.15, 0.2) is 60.9 Å². The number of carbonyl (C=O) groups is 1. The van der Waals surface area contributed by atoms with Gasteiger partial charge in [-0.05, 0) is 43.2 Å². The van der Waals surface area contributed by atoms with E-state index in [9.17, 15) is 4.79 Å². The Hall–Kier alpha value is -2.79. The van der Waals surface area contributed by atoms with Gasteiger partial charge < -0.3 is 10.1 Å². The predicted octanol–water partition coefficient (Wildman–Crippen LogP) is 4.03. The Kier molecular flexibility index (Phi) is 5.92. The molecule has 3 aromatic rings. The van der Waals surface area contributed by atoms with Gasteiger partial charge in [0, 0.05) is 12.7 Å². The number of halogens is 1. The van der Waals surface area contributed by atoms with Gasteiger partial charge in [0.2, 0.25) is 0 Å². The second-order valence-electron chi connectivity index (χ2n) is 5.90. The average Bonchev–Trinajstić information content (AvgIpc) is 3.12. The SMILES string of the molecule is Cc1cccc(OCCCNC(=O)c2cnn(-c3ccccc3Cl)c2)c1. The molecule has 3 rings (SSSR count). The standard InChI is InChI=1S/C20H20ClN3O2/c1-15-6-4-7-17(12-15)26-11-5-10-22-20(25)16-13-23-24(14-16)19-9-3-2-8-18(19)21/h2-4,6-9,12-14H,5,10-11H2,1H3,(H,22,25). The van der Waals surface area contributed by atoms with E-state index in [4.69, 9.17) is 16.3 Å². The molecule has 134 valence electrons. The van der Waals surface area contributed by atoms with E-state index in [2.05, 4.69) is 10.4 Å². The fraction of sp³-hybridized carbons (Fsp3) is 0.200. The van der Waals surface area contributed by atoms with Crippen LogP contribution in [0.25, 0.3) is 5.69 Å². The summed E-state index contributed by atoms with van der Waals surface area (Å²) in [7, 11) is 0. The highest BCUT2D eigenvalue weighted by atomic mass is 35.5. The van der Waals surface area contributed by atoms with Crippen molar-refractivity contribution < 1.29 is 9.53 Å². The van der Waals surface area contributed by atoms with E-state index >= 15 is 0 Å². The number of benzene rings is 2. The van der Waals surface area contributed by atoms with Gasteiger partial charge in [-0.2, -0.15) is 5.10 Å². The first-order valence-corrected chi connectivity index (χ1v) is 8.78. The molecular weight excluding hydrogens is 350 g/mol. The van der Waals surface area contributed by atoms with E-state index in [-0.39, 0.29) is 5.91 Å². The van der Waals surface area contributed by atoms with Crippen molar-refractivity contribution in [3.05, 3.63) is 77.1 Å². The Bertz CT molecular complexity index is 892. The molecule has 5 nitrogen and oxygen atoms in total. The summed E-state index contributed by atoms with van der Waals surface area (Å²) in [6.07, 6.45) is 3.92. The van der Waals surface area contributed by atoms with Crippen molar-refractivity contribution in [1.82, 2.24) is 15.1 Å². The first kappa shape index (κ1) is 18.0. The maximum absolute atomic E-state index is 12.2. The number of hydrogen-bond donors (Lipinski definition) is 1. The Morgan fingerprint density at radius 1 is 1.23 bits per heavy atom. The highest BCUT2D eigenvalue weighted by Gasteiger charge is 2.10. The van der Waals surface area contributed by atoms with Crippen molar-refractivity contribution in [2.75, 3.05) is 13.2 Å². The first-order valence-electron chi connectivity index (χ1n) is 8.41. The zero-order valence-corrected chi connectivity index (χ0v) is 15.2. The summed E-state index contributed by atoms with van der Waals surface area (Å²) >= 11 is 6.15. The average molecular weight is 370 g/mol. The highest BCUT2D eigenvalue weighted by molar-refractivity contribution is 6.32. The van der Waals surface area contributed by atoms with Gasteiger partial charge in [0.1, 0.15) is 5.75 Å². The summed E-state index contributed by atoms with van der Waals surface area (Å²) in [5.41, 5.74) is 2.38. The molecule has 2 aromatic carbocycles. The number of para-hydroxylation sites is 1. The first-order chi connectivity index (χ1) is 12.6. The van der Waals surface area contributed by atoms with E-state index < -0.39 is 0 Å². The second kappa shape index (κ2) is 8.54. The quantitative estimate of drug-likeness (QED) is 0.639. The van der Waals surface area contributed by atoms with Gasteiger partial charge in [-0.1, -0.05) is 35.9 Å². The number of hydrogen-bond acceptors (Lipinski definition) is 3. The Labute approximate surface area is 157 Å². The van der Waals surface area contributed by atoms with Gasteiger partial charge in [-0.15, -0.1) is 0 Å². The topological polar surface area (TPSA) is 56.1 Å². The lowest BCUT2D eigenvalue weighted by Gasteiger charge is -2.07. The molecule has 0 aliphatic heterocycles. The van der Waals surface area contributed by atoms with Crippen LogP contribution in [0.4, 0.5) is 0 Å². The van der Waals surface area contributed by atoms with E-state index in [1.54, 1.807) is 16.9 Å². The minimum Gasteiger partial charge on any atom is -0.494 e. The molecule has 26 heavy (non-hydrogen) atoms. The molecule has 0 saturated carbocycles. The highest BCUT2D eigenvalue weighted by Crippen LogP contribution is 2.19. The van der Waals surface area contributed by atoms with Gasteiger partial charge in [0.15, 0.2) is 0 Å². The summed E-state index contributed by atoms with van der Waals surface area (Å²) in [6.45, 7) is 3.10. The zero-order chi connectivity index (χ0) is 18.4. The Morgan fingerprint density at radius 2 is 2.08 bits per heavy atom. The molecule has 1 amide bonds. The summed E-state index contributed by atoms with van der Waals surface area (Å²) in [5, 5.41) is 7.66. The van der Waals surface area contributed by atoms with Crippen LogP contribution in [-0.4, -0.2) is 28.8 Å². The van der Waals surface area contributed by atoms with Crippen molar-refractivity contribution in [3.63, 3.8) is 0 Å². The van der Waals surface area contributed by atoms with Gasteiger partial charge in [-0.25, -0.2) is 4.68 Å². The normalized spacial score (nSPS) is 10.5. The van der Waals surface area contributed by atoms with Crippen LogP contribution in [0.1, 0.15) is 22.3 Å². The van der Waals surface area contributed by atoms with E-state index in [1.807, 2.05) is 49.4 Å². The Morgan fingerprint density at radius 3 is 2.88 bits per heavy atom. The molecule has 1 aromatic heterocycles. The Balaban J connectivity index is 1.46. The molecule has 6 heteroatoms. The summed E-state index contributed by atoms with van der Waals surface area (Å²) in [6, 6.07) is 15.3. The van der Waals surface area contributed by atoms with Crippen molar-refractivity contribution in [2.24, 2.45) is 0 Å². The minimum absolute atomic E-state index is 0.168. The third kappa shape index (κ3) is 4.64. The molecule has 0 radical (unpaired) electrons. The lowest BCUT2D eigenvalue weighted by Crippen LogP contribution is -2.25. The second-order valence-corrected chi connectivity index (χ2v) is 6.31. The fourth-order valence-corrected chi connectivity index (χ4v) is 2.70. The minimum atomic E-state index is -0.168. The van der Waals surface area contributed by atoms with Crippen molar-refractivity contribution in [1.29, 1.82) is 0 Å². The molecule has 0 saturated heterocycles. The smallest absolute Gasteiger partial charge is 0.254 e. The molecule has 0 aliphatic rings. The summed E-state index contributed by atoms with van der Waals surface area (Å²) < 4.78 is 7.26. The van der Waals surface area contributed by atoms with Gasteiger partial charge in [0.05, 0.1) is 29.1 Å². The number of nitrogens with zero attached hydrogens (tertiary/aromatic N) is 2. The van der Waals surface area contributed by atoms with Crippen LogP contribution in [0.2, 0.25) is 5.02 Å². The van der Waals surface area contributed by atoms with Gasteiger partial charge >= 0.3 is 0 Å². The number of rotatable bonds is 7. The molecule has 0 unspecified atom stereocenters. The van der Waals surface area contributed by atoms with E-state index in [1.165, 1.54) is 6.20 Å². The molecular formula is C20H20ClN3O2. The van der Waals surface area contributed by atoms with Gasteiger partial charge in [0.25, 0.3) is 5.91 Å². The largest absolute Gasteiger partial charge is 0.494 e. The molecule has 1 N–H and O–H groups in total. The molecule has 0 atom stereocenters.